The number of sulfonamides is 1. The molecule has 0 saturated heterocycles. The Kier molecular flexibility index (Phi) is 7.03. The van der Waals surface area contributed by atoms with Crippen molar-refractivity contribution in [2.45, 2.75) is 24.5 Å². The minimum Gasteiger partial charge on any atom is -0.480 e. The second-order valence-corrected chi connectivity index (χ2v) is 7.38. The van der Waals surface area contributed by atoms with E-state index in [0.717, 1.165) is 0 Å². The van der Waals surface area contributed by atoms with Crippen molar-refractivity contribution in [1.82, 2.24) is 4.72 Å². The Labute approximate surface area is 156 Å². The maximum atomic E-state index is 14.1. The molecule has 0 aliphatic rings. The van der Waals surface area contributed by atoms with Crippen molar-refractivity contribution < 1.29 is 32.6 Å². The number of carbonyl (C=O) groups is 1. The van der Waals surface area contributed by atoms with Crippen molar-refractivity contribution in [3.63, 3.8) is 0 Å². The van der Waals surface area contributed by atoms with Gasteiger partial charge in [0.25, 0.3) is 0 Å². The van der Waals surface area contributed by atoms with Crippen LogP contribution in [0.15, 0.2) is 47.4 Å². The predicted octanol–water partition coefficient (Wildman–Crippen LogP) is 1.75. The number of ether oxygens (including phenoxy) is 1. The van der Waals surface area contributed by atoms with Crippen LogP contribution in [0.4, 0.5) is 4.39 Å². The topological polar surface area (TPSA) is 113 Å². The fraction of sp³-hybridized carbons (Fsp3) is 0.278. The minimum atomic E-state index is -4.12. The van der Waals surface area contributed by atoms with E-state index in [2.05, 4.69) is 0 Å². The number of hydrogen-bond donors (Lipinski definition) is 3. The molecule has 1 unspecified atom stereocenters. The molecule has 9 heteroatoms. The zero-order valence-electron chi connectivity index (χ0n) is 14.6. The number of aliphatic carboxylic acids is 1. The Morgan fingerprint density at radius 2 is 1.81 bits per heavy atom. The summed E-state index contributed by atoms with van der Waals surface area (Å²) < 4.78 is 45.6. The molecule has 0 spiro atoms. The molecule has 27 heavy (non-hydrogen) atoms. The lowest BCUT2D eigenvalue weighted by molar-refractivity contribution is -0.139. The maximum Gasteiger partial charge on any atom is 0.324 e. The van der Waals surface area contributed by atoms with E-state index >= 15 is 0 Å². The summed E-state index contributed by atoms with van der Waals surface area (Å²) in [5.74, 6) is -1.91. The molecule has 0 aromatic heterocycles. The summed E-state index contributed by atoms with van der Waals surface area (Å²) in [7, 11) is -4.12. The number of aliphatic hydroxyl groups excluding tert-OH is 1. The molecular formula is C18H20FNO6S. The number of halogens is 1. The van der Waals surface area contributed by atoms with Crippen LogP contribution in [0.1, 0.15) is 12.5 Å². The molecule has 0 fully saturated rings. The quantitative estimate of drug-likeness (QED) is 0.594. The Balaban J connectivity index is 2.22. The van der Waals surface area contributed by atoms with Gasteiger partial charge >= 0.3 is 5.97 Å². The van der Waals surface area contributed by atoms with Crippen LogP contribution in [0.25, 0.3) is 11.1 Å². The number of aliphatic hydroxyl groups is 1. The monoisotopic (exact) mass is 397 g/mol. The van der Waals surface area contributed by atoms with Crippen LogP contribution in [0.5, 0.6) is 0 Å². The van der Waals surface area contributed by atoms with Crippen LogP contribution in [-0.4, -0.2) is 43.9 Å². The van der Waals surface area contributed by atoms with Crippen molar-refractivity contribution in [3.8, 4) is 11.1 Å². The largest absolute Gasteiger partial charge is 0.480 e. The summed E-state index contributed by atoms with van der Waals surface area (Å²) in [4.78, 5) is 10.7. The highest BCUT2D eigenvalue weighted by Crippen LogP contribution is 2.24. The highest BCUT2D eigenvalue weighted by atomic mass is 32.2. The van der Waals surface area contributed by atoms with Gasteiger partial charge < -0.3 is 14.9 Å². The van der Waals surface area contributed by atoms with E-state index in [-0.39, 0.29) is 11.5 Å². The number of carboxylic acid groups (broad SMARTS) is 1. The molecule has 2 rings (SSSR count). The second kappa shape index (κ2) is 9.05. The van der Waals surface area contributed by atoms with E-state index in [1.807, 2.05) is 11.6 Å². The summed E-state index contributed by atoms with van der Waals surface area (Å²) >= 11 is 0. The van der Waals surface area contributed by atoms with E-state index in [4.69, 9.17) is 14.9 Å². The van der Waals surface area contributed by atoms with Gasteiger partial charge in [-0.3, -0.25) is 4.79 Å². The van der Waals surface area contributed by atoms with E-state index in [1.165, 1.54) is 30.3 Å². The Hall–Kier alpha value is -2.33. The van der Waals surface area contributed by atoms with Gasteiger partial charge in [0.05, 0.1) is 18.1 Å². The first-order valence-electron chi connectivity index (χ1n) is 8.11. The second-order valence-electron chi connectivity index (χ2n) is 5.66. The Bertz CT molecular complexity index is 899. The van der Waals surface area contributed by atoms with Gasteiger partial charge in [0.15, 0.2) is 0 Å². The normalized spacial score (nSPS) is 12.7. The van der Waals surface area contributed by atoms with Gasteiger partial charge in [-0.1, -0.05) is 24.3 Å². The smallest absolute Gasteiger partial charge is 0.324 e. The van der Waals surface area contributed by atoms with Crippen molar-refractivity contribution in [1.29, 1.82) is 0 Å². The predicted molar refractivity (Wildman–Crippen MR) is 96.0 cm³/mol. The number of benzene rings is 2. The van der Waals surface area contributed by atoms with Crippen molar-refractivity contribution in [2.75, 3.05) is 13.2 Å². The van der Waals surface area contributed by atoms with E-state index in [1.54, 1.807) is 12.1 Å². The summed E-state index contributed by atoms with van der Waals surface area (Å²) in [5, 5.41) is 17.8. The summed E-state index contributed by atoms with van der Waals surface area (Å²) in [6, 6.07) is 8.53. The number of hydrogen-bond acceptors (Lipinski definition) is 5. The molecule has 2 aromatic rings. The first-order chi connectivity index (χ1) is 12.8. The lowest BCUT2D eigenvalue weighted by Gasteiger charge is -2.12. The third kappa shape index (κ3) is 5.33. The zero-order valence-corrected chi connectivity index (χ0v) is 15.4. The van der Waals surface area contributed by atoms with E-state index < -0.39 is 34.5 Å². The summed E-state index contributed by atoms with van der Waals surface area (Å²) in [6.07, 6.45) is 0. The van der Waals surface area contributed by atoms with Gasteiger partial charge in [-0.05, 0) is 36.2 Å². The number of carboxylic acids is 1. The molecule has 0 aliphatic heterocycles. The summed E-state index contributed by atoms with van der Waals surface area (Å²) in [5.41, 5.74) is 1.57. The third-order valence-corrected chi connectivity index (χ3v) is 5.28. The van der Waals surface area contributed by atoms with Gasteiger partial charge in [0.2, 0.25) is 10.0 Å². The molecule has 0 amide bonds. The maximum absolute atomic E-state index is 14.1. The van der Waals surface area contributed by atoms with Gasteiger partial charge in [0, 0.05) is 12.2 Å². The molecule has 7 nitrogen and oxygen atoms in total. The van der Waals surface area contributed by atoms with Crippen LogP contribution < -0.4 is 4.72 Å². The van der Waals surface area contributed by atoms with Crippen LogP contribution in [0.3, 0.4) is 0 Å². The van der Waals surface area contributed by atoms with Gasteiger partial charge in [-0.2, -0.15) is 4.72 Å². The SMILES string of the molecule is CCOCc1ccc(-c2ccc(S(=O)(=O)NC(CO)C(=O)O)cc2)cc1F. The molecular weight excluding hydrogens is 377 g/mol. The highest BCUT2D eigenvalue weighted by Gasteiger charge is 2.24. The standard InChI is InChI=1S/C18H20FNO6S/c1-2-26-11-14-4-3-13(9-16(14)19)12-5-7-15(8-6-12)27(24,25)20-17(10-21)18(22)23/h3-9,17,20-21H,2,10-11H2,1H3,(H,22,23). The first-order valence-corrected chi connectivity index (χ1v) is 9.59. The molecule has 146 valence electrons. The number of nitrogens with one attached hydrogen (secondary N) is 1. The Morgan fingerprint density at radius 3 is 2.33 bits per heavy atom. The lowest BCUT2D eigenvalue weighted by Crippen LogP contribution is -2.43. The average molecular weight is 397 g/mol. The van der Waals surface area contributed by atoms with Gasteiger partial charge in [0.1, 0.15) is 11.9 Å². The average Bonchev–Trinajstić information content (AvgIpc) is 2.65. The highest BCUT2D eigenvalue weighted by molar-refractivity contribution is 7.89. The first kappa shape index (κ1) is 21.0. The van der Waals surface area contributed by atoms with Gasteiger partial charge in [-0.15, -0.1) is 0 Å². The van der Waals surface area contributed by atoms with Crippen LogP contribution in [-0.2, 0) is 26.2 Å². The third-order valence-electron chi connectivity index (χ3n) is 3.79. The van der Waals surface area contributed by atoms with Crippen molar-refractivity contribution in [3.05, 3.63) is 53.8 Å². The van der Waals surface area contributed by atoms with E-state index in [9.17, 15) is 17.6 Å². The van der Waals surface area contributed by atoms with Crippen LogP contribution in [0.2, 0.25) is 0 Å². The molecule has 0 radical (unpaired) electrons. The van der Waals surface area contributed by atoms with Crippen molar-refractivity contribution >= 4 is 16.0 Å². The molecule has 0 heterocycles. The fourth-order valence-electron chi connectivity index (χ4n) is 2.30. The molecule has 2 aromatic carbocycles. The van der Waals surface area contributed by atoms with E-state index in [0.29, 0.717) is 23.3 Å². The lowest BCUT2D eigenvalue weighted by atomic mass is 10.0. The number of rotatable bonds is 9. The minimum absolute atomic E-state index is 0.167. The molecule has 3 N–H and O–H groups in total. The molecule has 1 atom stereocenters. The van der Waals surface area contributed by atoms with Crippen molar-refractivity contribution in [2.24, 2.45) is 0 Å². The molecule has 0 bridgehead atoms. The van der Waals surface area contributed by atoms with Crippen LogP contribution >= 0.6 is 0 Å². The summed E-state index contributed by atoms with van der Waals surface area (Å²) in [6.45, 7) is 1.58. The van der Waals surface area contributed by atoms with Gasteiger partial charge in [-0.25, -0.2) is 12.8 Å². The zero-order chi connectivity index (χ0) is 20.0. The fourth-order valence-corrected chi connectivity index (χ4v) is 3.48. The Morgan fingerprint density at radius 1 is 1.19 bits per heavy atom. The van der Waals surface area contributed by atoms with Crippen LogP contribution in [0, 0.1) is 5.82 Å². The molecule has 0 saturated carbocycles. The molecule has 0 aliphatic carbocycles.